The van der Waals surface area contributed by atoms with Crippen LogP contribution in [0.25, 0.3) is 10.2 Å². The smallest absolute Gasteiger partial charge is 0.226 e. The molecular formula is C19H17ClN2OS. The summed E-state index contributed by atoms with van der Waals surface area (Å²) in [6.45, 7) is 0.559. The van der Waals surface area contributed by atoms with Crippen LogP contribution in [0, 0.1) is 5.92 Å². The molecule has 2 aromatic carbocycles. The molecule has 4 rings (SSSR count). The standard InChI is InChI=1S/C19H17ClN2OS/c1-22(11-18-21-16-8-4-5-9-17(16)24-18)19(23)14-10-13(14)12-6-2-3-7-15(12)20/h2-9,13-14H,10-11H2,1H3. The lowest BCUT2D eigenvalue weighted by Crippen LogP contribution is -2.28. The van der Waals surface area contributed by atoms with Crippen molar-refractivity contribution in [3.8, 4) is 0 Å². The summed E-state index contributed by atoms with van der Waals surface area (Å²) in [7, 11) is 1.86. The molecule has 24 heavy (non-hydrogen) atoms. The van der Waals surface area contributed by atoms with Crippen LogP contribution in [0.3, 0.4) is 0 Å². The zero-order chi connectivity index (χ0) is 16.7. The van der Waals surface area contributed by atoms with E-state index in [0.29, 0.717) is 6.54 Å². The Balaban J connectivity index is 1.44. The normalized spacial score (nSPS) is 19.4. The first-order valence-electron chi connectivity index (χ1n) is 7.97. The molecule has 1 aliphatic rings. The Kier molecular flexibility index (Phi) is 4.02. The number of rotatable bonds is 4. The van der Waals surface area contributed by atoms with Crippen LogP contribution in [-0.2, 0) is 11.3 Å². The molecule has 1 fully saturated rings. The van der Waals surface area contributed by atoms with Gasteiger partial charge in [-0.15, -0.1) is 11.3 Å². The molecule has 0 spiro atoms. The SMILES string of the molecule is CN(Cc1nc2ccccc2s1)C(=O)C1CC1c1ccccc1Cl. The highest BCUT2D eigenvalue weighted by molar-refractivity contribution is 7.18. The Morgan fingerprint density at radius 2 is 2.00 bits per heavy atom. The number of amides is 1. The monoisotopic (exact) mass is 356 g/mol. The van der Waals surface area contributed by atoms with Gasteiger partial charge in [-0.1, -0.05) is 41.9 Å². The van der Waals surface area contributed by atoms with Crippen LogP contribution >= 0.6 is 22.9 Å². The van der Waals surface area contributed by atoms with E-state index in [9.17, 15) is 4.79 Å². The highest BCUT2D eigenvalue weighted by atomic mass is 35.5. The summed E-state index contributed by atoms with van der Waals surface area (Å²) in [5.41, 5.74) is 2.09. The van der Waals surface area contributed by atoms with Crippen molar-refractivity contribution in [2.75, 3.05) is 7.05 Å². The van der Waals surface area contributed by atoms with Crippen molar-refractivity contribution < 1.29 is 4.79 Å². The van der Waals surface area contributed by atoms with Crippen molar-refractivity contribution in [1.82, 2.24) is 9.88 Å². The predicted octanol–water partition coefficient (Wildman–Crippen LogP) is 4.71. The largest absolute Gasteiger partial charge is 0.339 e. The van der Waals surface area contributed by atoms with Gasteiger partial charge in [-0.2, -0.15) is 0 Å². The second-order valence-electron chi connectivity index (χ2n) is 6.24. The molecule has 2 atom stereocenters. The third-order valence-electron chi connectivity index (χ3n) is 4.50. The molecule has 1 saturated carbocycles. The summed E-state index contributed by atoms with van der Waals surface area (Å²) in [5, 5.41) is 1.73. The van der Waals surface area contributed by atoms with Gasteiger partial charge in [-0.05, 0) is 36.1 Å². The third kappa shape index (κ3) is 2.92. The molecule has 1 aromatic heterocycles. The van der Waals surface area contributed by atoms with Crippen LogP contribution in [-0.4, -0.2) is 22.8 Å². The van der Waals surface area contributed by atoms with Crippen LogP contribution in [0.5, 0.6) is 0 Å². The third-order valence-corrected chi connectivity index (χ3v) is 5.86. The molecule has 0 N–H and O–H groups in total. The molecule has 0 saturated heterocycles. The minimum Gasteiger partial charge on any atom is -0.339 e. The summed E-state index contributed by atoms with van der Waals surface area (Å²) in [4.78, 5) is 19.1. The minimum absolute atomic E-state index is 0.0456. The van der Waals surface area contributed by atoms with Crippen molar-refractivity contribution in [1.29, 1.82) is 0 Å². The summed E-state index contributed by atoms with van der Waals surface area (Å²) >= 11 is 7.90. The number of benzene rings is 2. The first-order chi connectivity index (χ1) is 11.6. The number of aromatic nitrogens is 1. The fraction of sp³-hybridized carbons (Fsp3) is 0.263. The van der Waals surface area contributed by atoms with E-state index in [1.807, 2.05) is 49.5 Å². The van der Waals surface area contributed by atoms with Crippen LogP contribution < -0.4 is 0 Å². The van der Waals surface area contributed by atoms with Crippen LogP contribution in [0.1, 0.15) is 22.9 Å². The molecule has 3 aromatic rings. The first-order valence-corrected chi connectivity index (χ1v) is 9.17. The fourth-order valence-corrected chi connectivity index (χ4v) is 4.44. The van der Waals surface area contributed by atoms with E-state index in [4.69, 9.17) is 11.6 Å². The Bertz CT molecular complexity index is 874. The van der Waals surface area contributed by atoms with Gasteiger partial charge in [0, 0.05) is 18.0 Å². The second-order valence-corrected chi connectivity index (χ2v) is 7.76. The molecule has 3 nitrogen and oxygen atoms in total. The molecule has 0 radical (unpaired) electrons. The Labute approximate surface area is 149 Å². The van der Waals surface area contributed by atoms with Gasteiger partial charge in [-0.3, -0.25) is 4.79 Å². The van der Waals surface area contributed by atoms with Crippen molar-refractivity contribution >= 4 is 39.1 Å². The topological polar surface area (TPSA) is 33.2 Å². The average molecular weight is 357 g/mol. The number of carbonyl (C=O) groups is 1. The van der Waals surface area contributed by atoms with Gasteiger partial charge in [0.2, 0.25) is 5.91 Å². The van der Waals surface area contributed by atoms with Crippen LogP contribution in [0.15, 0.2) is 48.5 Å². The van der Waals surface area contributed by atoms with E-state index < -0.39 is 0 Å². The van der Waals surface area contributed by atoms with Gasteiger partial charge < -0.3 is 4.90 Å². The zero-order valence-electron chi connectivity index (χ0n) is 13.3. The second kappa shape index (κ2) is 6.19. The zero-order valence-corrected chi connectivity index (χ0v) is 14.8. The lowest BCUT2D eigenvalue weighted by Gasteiger charge is -2.15. The maximum Gasteiger partial charge on any atom is 0.226 e. The minimum atomic E-state index is 0.0456. The molecule has 2 unspecified atom stereocenters. The summed E-state index contributed by atoms with van der Waals surface area (Å²) in [6.07, 6.45) is 0.882. The summed E-state index contributed by atoms with van der Waals surface area (Å²) in [5.74, 6) is 0.479. The van der Waals surface area contributed by atoms with Gasteiger partial charge in [0.15, 0.2) is 0 Å². The molecule has 0 bridgehead atoms. The predicted molar refractivity (Wildman–Crippen MR) is 98.4 cm³/mol. The Morgan fingerprint density at radius 1 is 1.25 bits per heavy atom. The molecule has 1 heterocycles. The van der Waals surface area contributed by atoms with Crippen molar-refractivity contribution in [3.05, 3.63) is 64.1 Å². The number of thiazole rings is 1. The molecule has 5 heteroatoms. The lowest BCUT2D eigenvalue weighted by molar-refractivity contribution is -0.131. The molecule has 0 aliphatic heterocycles. The number of halogens is 1. The molecule has 122 valence electrons. The van der Waals surface area contributed by atoms with Crippen molar-refractivity contribution in [3.63, 3.8) is 0 Å². The van der Waals surface area contributed by atoms with Crippen LogP contribution in [0.2, 0.25) is 5.02 Å². The fourth-order valence-electron chi connectivity index (χ4n) is 3.14. The summed E-state index contributed by atoms with van der Waals surface area (Å²) in [6, 6.07) is 15.9. The van der Waals surface area contributed by atoms with E-state index in [1.165, 1.54) is 0 Å². The summed E-state index contributed by atoms with van der Waals surface area (Å²) < 4.78 is 1.16. The highest BCUT2D eigenvalue weighted by Gasteiger charge is 2.45. The van der Waals surface area contributed by atoms with E-state index in [0.717, 1.165) is 32.2 Å². The number of carbonyl (C=O) groups excluding carboxylic acids is 1. The van der Waals surface area contributed by atoms with Gasteiger partial charge in [0.25, 0.3) is 0 Å². The van der Waals surface area contributed by atoms with Gasteiger partial charge in [0.05, 0.1) is 16.8 Å². The van der Waals surface area contributed by atoms with Crippen molar-refractivity contribution in [2.45, 2.75) is 18.9 Å². The van der Waals surface area contributed by atoms with Gasteiger partial charge in [-0.25, -0.2) is 4.98 Å². The highest BCUT2D eigenvalue weighted by Crippen LogP contribution is 2.50. The van der Waals surface area contributed by atoms with Gasteiger partial charge in [0.1, 0.15) is 5.01 Å². The van der Waals surface area contributed by atoms with Gasteiger partial charge >= 0.3 is 0 Å². The Hall–Kier alpha value is -1.91. The average Bonchev–Trinajstić information content (AvgIpc) is 3.26. The van der Waals surface area contributed by atoms with E-state index in [-0.39, 0.29) is 17.7 Å². The van der Waals surface area contributed by atoms with E-state index >= 15 is 0 Å². The number of fused-ring (bicyclic) bond motifs is 1. The first kappa shape index (κ1) is 15.6. The maximum absolute atomic E-state index is 12.7. The number of hydrogen-bond acceptors (Lipinski definition) is 3. The lowest BCUT2D eigenvalue weighted by atomic mass is 10.1. The van der Waals surface area contributed by atoms with Crippen molar-refractivity contribution in [2.24, 2.45) is 5.92 Å². The Morgan fingerprint density at radius 3 is 2.79 bits per heavy atom. The number of nitrogens with zero attached hydrogens (tertiary/aromatic N) is 2. The number of para-hydroxylation sites is 1. The molecule has 1 amide bonds. The number of hydrogen-bond donors (Lipinski definition) is 0. The van der Waals surface area contributed by atoms with E-state index in [2.05, 4.69) is 11.1 Å². The molecule has 1 aliphatic carbocycles. The maximum atomic E-state index is 12.7. The van der Waals surface area contributed by atoms with Crippen LogP contribution in [0.4, 0.5) is 0 Å². The quantitative estimate of drug-likeness (QED) is 0.678. The molecular weight excluding hydrogens is 340 g/mol. The van der Waals surface area contributed by atoms with E-state index in [1.54, 1.807) is 16.2 Å².